The van der Waals surface area contributed by atoms with Gasteiger partial charge in [0.15, 0.2) is 0 Å². The Morgan fingerprint density at radius 1 is 1.00 bits per heavy atom. The zero-order chi connectivity index (χ0) is 12.9. The molecule has 3 aromatic rings. The van der Waals surface area contributed by atoms with Crippen molar-refractivity contribution in [2.75, 3.05) is 0 Å². The average Bonchev–Trinajstić information content (AvgIpc) is 3.20. The van der Waals surface area contributed by atoms with Gasteiger partial charge in [-0.2, -0.15) is 6.08 Å². The SMILES string of the molecule is [C-]1=CC=CC1.[F-].[F-].[Zr+4].c1ccc2[cH-]c(-n3cccc3)cc2c1. The van der Waals surface area contributed by atoms with Gasteiger partial charge in [-0.1, -0.05) is 6.07 Å². The molecule has 110 valence electrons. The Balaban J connectivity index is 0.000000482. The summed E-state index contributed by atoms with van der Waals surface area (Å²) in [6.07, 6.45) is 14.1. The van der Waals surface area contributed by atoms with E-state index in [4.69, 9.17) is 0 Å². The fourth-order valence-electron chi connectivity index (χ4n) is 2.13. The monoisotopic (exact) mass is 373 g/mol. The predicted molar refractivity (Wildman–Crippen MR) is 80.4 cm³/mol. The molecule has 1 nitrogen and oxygen atoms in total. The van der Waals surface area contributed by atoms with E-state index in [1.54, 1.807) is 0 Å². The van der Waals surface area contributed by atoms with Gasteiger partial charge in [0.1, 0.15) is 0 Å². The zero-order valence-corrected chi connectivity index (χ0v) is 14.4. The number of hydrogen-bond acceptors (Lipinski definition) is 0. The van der Waals surface area contributed by atoms with Crippen molar-refractivity contribution in [2.45, 2.75) is 6.42 Å². The zero-order valence-electron chi connectivity index (χ0n) is 11.9. The van der Waals surface area contributed by atoms with Crippen molar-refractivity contribution in [1.29, 1.82) is 0 Å². The van der Waals surface area contributed by atoms with Gasteiger partial charge < -0.3 is 14.0 Å². The van der Waals surface area contributed by atoms with Gasteiger partial charge >= 0.3 is 26.2 Å². The molecular weight excluding hydrogens is 359 g/mol. The average molecular weight is 375 g/mol. The van der Waals surface area contributed by atoms with Crippen LogP contribution in [0.5, 0.6) is 0 Å². The summed E-state index contributed by atoms with van der Waals surface area (Å²) >= 11 is 0. The van der Waals surface area contributed by atoms with E-state index >= 15 is 0 Å². The van der Waals surface area contributed by atoms with Crippen LogP contribution in [0.3, 0.4) is 0 Å². The first kappa shape index (κ1) is 20.3. The molecule has 1 aliphatic rings. The number of benzene rings is 1. The van der Waals surface area contributed by atoms with E-state index in [0.29, 0.717) is 0 Å². The molecule has 4 rings (SSSR count). The summed E-state index contributed by atoms with van der Waals surface area (Å²) in [6, 6.07) is 16.9. The first-order valence-electron chi connectivity index (χ1n) is 6.44. The number of rotatable bonds is 1. The Hall–Kier alpha value is -1.67. The molecule has 0 atom stereocenters. The van der Waals surface area contributed by atoms with Gasteiger partial charge in [-0.15, -0.1) is 47.5 Å². The number of aromatic nitrogens is 1. The molecule has 0 radical (unpaired) electrons. The van der Waals surface area contributed by atoms with Gasteiger partial charge in [-0.25, -0.2) is 12.2 Å². The second-order valence-corrected chi connectivity index (χ2v) is 4.44. The van der Waals surface area contributed by atoms with Crippen molar-refractivity contribution < 1.29 is 35.6 Å². The van der Waals surface area contributed by atoms with Gasteiger partial charge in [0.05, 0.1) is 0 Å². The summed E-state index contributed by atoms with van der Waals surface area (Å²) < 4.78 is 2.12. The number of halogens is 2. The van der Waals surface area contributed by atoms with Crippen LogP contribution in [0.1, 0.15) is 6.42 Å². The van der Waals surface area contributed by atoms with Crippen molar-refractivity contribution in [3.05, 3.63) is 85.2 Å². The third kappa shape index (κ3) is 4.96. The Morgan fingerprint density at radius 3 is 2.27 bits per heavy atom. The van der Waals surface area contributed by atoms with Crippen LogP contribution in [0.2, 0.25) is 0 Å². The maximum absolute atomic E-state index is 2.99. The van der Waals surface area contributed by atoms with E-state index in [1.807, 2.05) is 24.3 Å². The Morgan fingerprint density at radius 2 is 1.73 bits per heavy atom. The maximum Gasteiger partial charge on any atom is 4.00 e. The maximum atomic E-state index is 2.99. The molecular formula is C18H15F2NZr. The topological polar surface area (TPSA) is 4.93 Å². The molecule has 0 saturated heterocycles. The number of fused-ring (bicyclic) bond motifs is 1. The van der Waals surface area contributed by atoms with Crippen molar-refractivity contribution in [3.8, 4) is 5.69 Å². The van der Waals surface area contributed by atoms with Crippen molar-refractivity contribution in [2.24, 2.45) is 0 Å². The molecule has 4 heteroatoms. The smallest absolute Gasteiger partial charge is 1.00 e. The first-order chi connectivity index (χ1) is 9.43. The van der Waals surface area contributed by atoms with Crippen LogP contribution in [-0.2, 0) is 26.2 Å². The van der Waals surface area contributed by atoms with Crippen molar-refractivity contribution in [1.82, 2.24) is 4.57 Å². The third-order valence-electron chi connectivity index (χ3n) is 3.09. The summed E-state index contributed by atoms with van der Waals surface area (Å²) in [6.45, 7) is 0. The van der Waals surface area contributed by atoms with Crippen LogP contribution in [0, 0.1) is 6.08 Å². The Bertz CT molecular complexity index is 669. The molecule has 0 N–H and O–H groups in total. The first-order valence-corrected chi connectivity index (χ1v) is 6.44. The van der Waals surface area contributed by atoms with E-state index in [1.165, 1.54) is 16.5 Å². The van der Waals surface area contributed by atoms with Gasteiger partial charge in [-0.05, 0) is 17.8 Å². The summed E-state index contributed by atoms with van der Waals surface area (Å²) in [5.74, 6) is 0. The number of hydrogen-bond donors (Lipinski definition) is 0. The van der Waals surface area contributed by atoms with Gasteiger partial charge in [-0.3, -0.25) is 6.08 Å². The molecule has 0 aliphatic heterocycles. The molecule has 0 fully saturated rings. The second-order valence-electron chi connectivity index (χ2n) is 4.44. The van der Waals surface area contributed by atoms with Crippen molar-refractivity contribution in [3.63, 3.8) is 0 Å². The standard InChI is InChI=1S/C13H10N.C5H5.2FH.Zr/c1-2-6-12-10-13(9-11(12)5-1)14-7-3-4-8-14;1-2-4-5-3-1;;;/h1-10H;1-3H,4H2;2*1H;/q2*-1;;;+4/p-2. The molecule has 0 spiro atoms. The molecule has 0 saturated carbocycles. The summed E-state index contributed by atoms with van der Waals surface area (Å²) in [7, 11) is 0. The van der Waals surface area contributed by atoms with E-state index in [-0.39, 0.29) is 35.6 Å². The molecule has 1 aliphatic carbocycles. The minimum atomic E-state index is 0. The molecule has 0 amide bonds. The normalized spacial score (nSPS) is 10.9. The fourth-order valence-corrected chi connectivity index (χ4v) is 2.13. The number of allylic oxidation sites excluding steroid dienone is 4. The molecule has 2 aromatic carbocycles. The Labute approximate surface area is 148 Å². The second kappa shape index (κ2) is 10.1. The number of nitrogens with zero attached hydrogens (tertiary/aromatic N) is 1. The van der Waals surface area contributed by atoms with E-state index in [2.05, 4.69) is 65.5 Å². The predicted octanol–water partition coefficient (Wildman–Crippen LogP) is -1.34. The fraction of sp³-hybridized carbons (Fsp3) is 0.0556. The van der Waals surface area contributed by atoms with E-state index < -0.39 is 0 Å². The third-order valence-corrected chi connectivity index (χ3v) is 3.09. The summed E-state index contributed by atoms with van der Waals surface area (Å²) in [4.78, 5) is 0. The van der Waals surface area contributed by atoms with E-state index in [9.17, 15) is 0 Å². The largest absolute Gasteiger partial charge is 4.00 e. The minimum absolute atomic E-state index is 0. The molecule has 0 bridgehead atoms. The van der Waals surface area contributed by atoms with E-state index in [0.717, 1.165) is 6.42 Å². The summed E-state index contributed by atoms with van der Waals surface area (Å²) in [5.41, 5.74) is 1.23. The Kier molecular flexibility index (Phi) is 9.36. The van der Waals surface area contributed by atoms with Gasteiger partial charge in [0.2, 0.25) is 0 Å². The van der Waals surface area contributed by atoms with Crippen LogP contribution in [0.25, 0.3) is 16.5 Å². The van der Waals surface area contributed by atoms with Gasteiger partial charge in [0, 0.05) is 12.4 Å². The van der Waals surface area contributed by atoms with Gasteiger partial charge in [0.25, 0.3) is 0 Å². The molecule has 22 heavy (non-hydrogen) atoms. The van der Waals surface area contributed by atoms with Crippen LogP contribution in [0.4, 0.5) is 0 Å². The quantitative estimate of drug-likeness (QED) is 0.465. The molecule has 0 unspecified atom stereocenters. The van der Waals surface area contributed by atoms with Crippen LogP contribution in [0.15, 0.2) is 79.2 Å². The van der Waals surface area contributed by atoms with Crippen LogP contribution in [-0.4, -0.2) is 4.57 Å². The van der Waals surface area contributed by atoms with Crippen LogP contribution >= 0.6 is 0 Å². The summed E-state index contributed by atoms with van der Waals surface area (Å²) in [5, 5.41) is 2.60. The van der Waals surface area contributed by atoms with Crippen LogP contribution < -0.4 is 9.41 Å². The minimum Gasteiger partial charge on any atom is -1.00 e. The van der Waals surface area contributed by atoms with Crippen molar-refractivity contribution >= 4 is 10.8 Å². The molecule has 1 heterocycles. The molecule has 1 aromatic heterocycles.